The summed E-state index contributed by atoms with van der Waals surface area (Å²) in [6.45, 7) is 1.95. The first-order valence-corrected chi connectivity index (χ1v) is 6.02. The van der Waals surface area contributed by atoms with Gasteiger partial charge in [-0.3, -0.25) is 14.4 Å². The Hall–Kier alpha value is -2.17. The molecule has 19 heavy (non-hydrogen) atoms. The second-order valence-corrected chi connectivity index (χ2v) is 4.81. The largest absolute Gasteiger partial charge is 0.480 e. The van der Waals surface area contributed by atoms with Crippen LogP contribution in [0.5, 0.6) is 0 Å². The molecule has 1 aromatic rings. The molecule has 0 unspecified atom stereocenters. The molecule has 0 saturated heterocycles. The molecular weight excluding hydrogens is 248 g/mol. The Balaban J connectivity index is 2.53. The van der Waals surface area contributed by atoms with Crippen LogP contribution in [0.25, 0.3) is 0 Å². The van der Waals surface area contributed by atoms with E-state index in [9.17, 15) is 24.6 Å². The molecule has 0 saturated carbocycles. The quantitative estimate of drug-likeness (QED) is 0.806. The summed E-state index contributed by atoms with van der Waals surface area (Å²) in [7, 11) is 0. The highest BCUT2D eigenvalue weighted by molar-refractivity contribution is 6.09. The van der Waals surface area contributed by atoms with Gasteiger partial charge < -0.3 is 10.2 Å². The number of benzene rings is 1. The molecule has 0 aliphatic heterocycles. The third-order valence-corrected chi connectivity index (χ3v) is 3.66. The number of ketones is 1. The number of carbonyl (C=O) groups excluding carboxylic acids is 1. The van der Waals surface area contributed by atoms with Crippen molar-refractivity contribution in [3.05, 3.63) is 34.9 Å². The third-order valence-electron chi connectivity index (χ3n) is 3.66. The van der Waals surface area contributed by atoms with Gasteiger partial charge in [-0.1, -0.05) is 19.1 Å². The maximum Gasteiger partial charge on any atom is 0.321 e. The normalized spacial score (nSPS) is 16.8. The SMILES string of the molecule is CCc1ccc2c(c1)C(=O)CC(C(=O)O)(C(=O)O)C2. The van der Waals surface area contributed by atoms with Crippen molar-refractivity contribution in [2.75, 3.05) is 0 Å². The van der Waals surface area contributed by atoms with Crippen LogP contribution in [0.3, 0.4) is 0 Å². The topological polar surface area (TPSA) is 91.7 Å². The van der Waals surface area contributed by atoms with E-state index in [-0.39, 0.29) is 6.42 Å². The van der Waals surface area contributed by atoms with E-state index in [2.05, 4.69) is 0 Å². The monoisotopic (exact) mass is 262 g/mol. The van der Waals surface area contributed by atoms with E-state index in [4.69, 9.17) is 0 Å². The van der Waals surface area contributed by atoms with Gasteiger partial charge in [0, 0.05) is 18.4 Å². The van der Waals surface area contributed by atoms with Gasteiger partial charge in [0.15, 0.2) is 11.2 Å². The molecule has 0 spiro atoms. The second kappa shape index (κ2) is 4.50. The van der Waals surface area contributed by atoms with Crippen molar-refractivity contribution in [3.63, 3.8) is 0 Å². The molecule has 1 aliphatic rings. The second-order valence-electron chi connectivity index (χ2n) is 4.81. The lowest BCUT2D eigenvalue weighted by atomic mass is 9.70. The number of aliphatic carboxylic acids is 2. The number of hydrogen-bond acceptors (Lipinski definition) is 3. The van der Waals surface area contributed by atoms with E-state index in [0.29, 0.717) is 11.1 Å². The van der Waals surface area contributed by atoms with Gasteiger partial charge in [0.1, 0.15) is 0 Å². The lowest BCUT2D eigenvalue weighted by Crippen LogP contribution is -2.45. The fraction of sp³-hybridized carbons (Fsp3) is 0.357. The summed E-state index contributed by atoms with van der Waals surface area (Å²) in [5, 5.41) is 18.3. The standard InChI is InChI=1S/C14H14O5/c1-2-8-3-4-9-6-14(12(16)17,13(18)19)7-11(15)10(9)5-8/h3-5H,2,6-7H2,1H3,(H,16,17)(H,18,19). The number of fused-ring (bicyclic) bond motifs is 1. The van der Waals surface area contributed by atoms with Crippen LogP contribution < -0.4 is 0 Å². The van der Waals surface area contributed by atoms with E-state index in [1.54, 1.807) is 18.2 Å². The maximum absolute atomic E-state index is 12.1. The van der Waals surface area contributed by atoms with Crippen molar-refractivity contribution in [2.45, 2.75) is 26.2 Å². The number of carboxylic acids is 2. The Labute approximate surface area is 109 Å². The van der Waals surface area contributed by atoms with Crippen LogP contribution in [-0.2, 0) is 22.4 Å². The summed E-state index contributed by atoms with van der Waals surface area (Å²) in [6.07, 6.45) is 0.129. The van der Waals surface area contributed by atoms with Crippen LogP contribution in [0.1, 0.15) is 34.8 Å². The first-order chi connectivity index (χ1) is 8.90. The molecule has 0 radical (unpaired) electrons. The van der Waals surface area contributed by atoms with Crippen molar-refractivity contribution in [1.82, 2.24) is 0 Å². The lowest BCUT2D eigenvalue weighted by molar-refractivity contribution is -0.164. The summed E-state index contributed by atoms with van der Waals surface area (Å²) < 4.78 is 0. The molecule has 100 valence electrons. The number of aryl methyl sites for hydroxylation is 1. The summed E-state index contributed by atoms with van der Waals surface area (Å²) in [4.78, 5) is 34.6. The number of hydrogen-bond donors (Lipinski definition) is 2. The molecule has 1 aromatic carbocycles. The molecule has 0 amide bonds. The predicted molar refractivity (Wildman–Crippen MR) is 66.2 cm³/mol. The van der Waals surface area contributed by atoms with Crippen molar-refractivity contribution < 1.29 is 24.6 Å². The number of rotatable bonds is 3. The van der Waals surface area contributed by atoms with E-state index >= 15 is 0 Å². The Morgan fingerprint density at radius 1 is 1.21 bits per heavy atom. The summed E-state index contributed by atoms with van der Waals surface area (Å²) in [6, 6.07) is 5.18. The molecule has 0 bridgehead atoms. The number of carbonyl (C=O) groups is 3. The van der Waals surface area contributed by atoms with Crippen LogP contribution in [-0.4, -0.2) is 27.9 Å². The van der Waals surface area contributed by atoms with E-state index in [1.165, 1.54) is 0 Å². The van der Waals surface area contributed by atoms with Gasteiger partial charge in [-0.2, -0.15) is 0 Å². The minimum Gasteiger partial charge on any atom is -0.480 e. The van der Waals surface area contributed by atoms with E-state index < -0.39 is 29.6 Å². The molecule has 1 aliphatic carbocycles. The fourth-order valence-corrected chi connectivity index (χ4v) is 2.41. The molecule has 0 heterocycles. The molecule has 5 nitrogen and oxygen atoms in total. The average Bonchev–Trinajstić information content (AvgIpc) is 2.37. The van der Waals surface area contributed by atoms with Crippen LogP contribution >= 0.6 is 0 Å². The lowest BCUT2D eigenvalue weighted by Gasteiger charge is -2.29. The van der Waals surface area contributed by atoms with Crippen LogP contribution in [0.4, 0.5) is 0 Å². The van der Waals surface area contributed by atoms with Gasteiger partial charge in [0.25, 0.3) is 0 Å². The molecular formula is C14H14O5. The highest BCUT2D eigenvalue weighted by atomic mass is 16.4. The van der Waals surface area contributed by atoms with Crippen molar-refractivity contribution in [3.8, 4) is 0 Å². The van der Waals surface area contributed by atoms with E-state index in [1.807, 2.05) is 6.92 Å². The maximum atomic E-state index is 12.1. The predicted octanol–water partition coefficient (Wildman–Crippen LogP) is 1.53. The van der Waals surface area contributed by atoms with Crippen LogP contribution in [0.2, 0.25) is 0 Å². The zero-order chi connectivity index (χ0) is 14.2. The zero-order valence-electron chi connectivity index (χ0n) is 10.5. The van der Waals surface area contributed by atoms with E-state index in [0.717, 1.165) is 12.0 Å². The molecule has 0 aromatic heterocycles. The average molecular weight is 262 g/mol. The first-order valence-electron chi connectivity index (χ1n) is 6.02. The van der Waals surface area contributed by atoms with Crippen LogP contribution in [0, 0.1) is 5.41 Å². The minimum absolute atomic E-state index is 0.150. The number of carboxylic acid groups (broad SMARTS) is 2. The molecule has 5 heteroatoms. The Morgan fingerprint density at radius 3 is 2.37 bits per heavy atom. The minimum atomic E-state index is -2.03. The Kier molecular flexibility index (Phi) is 3.14. The summed E-state index contributed by atoms with van der Waals surface area (Å²) >= 11 is 0. The number of Topliss-reactive ketones (excluding diaryl/α,β-unsaturated/α-hetero) is 1. The highest BCUT2D eigenvalue weighted by Crippen LogP contribution is 2.36. The van der Waals surface area contributed by atoms with Crippen molar-refractivity contribution >= 4 is 17.7 Å². The van der Waals surface area contributed by atoms with Gasteiger partial charge >= 0.3 is 11.9 Å². The van der Waals surface area contributed by atoms with Crippen molar-refractivity contribution in [1.29, 1.82) is 0 Å². The van der Waals surface area contributed by atoms with Gasteiger partial charge in [-0.05, 0) is 23.6 Å². The first kappa shape index (κ1) is 13.3. The van der Waals surface area contributed by atoms with Crippen LogP contribution in [0.15, 0.2) is 18.2 Å². The molecule has 0 fully saturated rings. The van der Waals surface area contributed by atoms with Gasteiger partial charge in [0.05, 0.1) is 0 Å². The van der Waals surface area contributed by atoms with Gasteiger partial charge in [-0.25, -0.2) is 0 Å². The van der Waals surface area contributed by atoms with Crippen molar-refractivity contribution in [2.24, 2.45) is 5.41 Å². The smallest absolute Gasteiger partial charge is 0.321 e. The van der Waals surface area contributed by atoms with Gasteiger partial charge in [0.2, 0.25) is 0 Å². The Bertz CT molecular complexity index is 559. The molecule has 2 N–H and O–H groups in total. The Morgan fingerprint density at radius 2 is 1.84 bits per heavy atom. The highest BCUT2D eigenvalue weighted by Gasteiger charge is 2.51. The molecule has 2 rings (SSSR count). The van der Waals surface area contributed by atoms with Gasteiger partial charge in [-0.15, -0.1) is 0 Å². The summed E-state index contributed by atoms with van der Waals surface area (Å²) in [5.41, 5.74) is -0.0985. The summed E-state index contributed by atoms with van der Waals surface area (Å²) in [5.74, 6) is -3.33. The molecule has 0 atom stereocenters. The third kappa shape index (κ3) is 2.01. The zero-order valence-corrected chi connectivity index (χ0v) is 10.5. The fourth-order valence-electron chi connectivity index (χ4n) is 2.41.